The molecular formula is C25H25FN2O2Si. The predicted molar refractivity (Wildman–Crippen MR) is 127 cm³/mol. The van der Waals surface area contributed by atoms with E-state index in [0.29, 0.717) is 5.39 Å². The lowest BCUT2D eigenvalue weighted by molar-refractivity contribution is 0.418. The maximum absolute atomic E-state index is 13.8. The minimum absolute atomic E-state index is 0.209. The number of fused-ring (bicyclic) bond motifs is 1. The summed E-state index contributed by atoms with van der Waals surface area (Å²) >= 11 is 0. The van der Waals surface area contributed by atoms with Crippen molar-refractivity contribution < 1.29 is 9.13 Å². The Kier molecular flexibility index (Phi) is 6.02. The van der Waals surface area contributed by atoms with Gasteiger partial charge in [0.05, 0.1) is 12.5 Å². The molecule has 0 saturated heterocycles. The van der Waals surface area contributed by atoms with Crippen LogP contribution in [-0.2, 0) is 13.6 Å². The molecule has 1 N–H and O–H groups in total. The molecule has 4 nitrogen and oxygen atoms in total. The first-order valence-electron chi connectivity index (χ1n) is 10.2. The third kappa shape index (κ3) is 4.31. The molecule has 31 heavy (non-hydrogen) atoms. The number of halogens is 1. The van der Waals surface area contributed by atoms with E-state index in [2.05, 4.69) is 29.7 Å². The van der Waals surface area contributed by atoms with Gasteiger partial charge >= 0.3 is 0 Å². The molecule has 3 aromatic carbocycles. The number of methoxy groups -OCH3 is 1. The third-order valence-electron chi connectivity index (χ3n) is 5.61. The van der Waals surface area contributed by atoms with E-state index >= 15 is 0 Å². The van der Waals surface area contributed by atoms with E-state index in [0.717, 1.165) is 34.0 Å². The Balaban J connectivity index is 1.76. The number of hydrogen-bond donors (Lipinski definition) is 1. The normalized spacial score (nSPS) is 12.1. The fraction of sp³-hybridized carbons (Fsp3) is 0.160. The number of hydrogen-bond acceptors (Lipinski definition) is 3. The van der Waals surface area contributed by atoms with Gasteiger partial charge in [0.1, 0.15) is 20.5 Å². The second-order valence-electron chi connectivity index (χ2n) is 7.69. The molecule has 0 aliphatic carbocycles. The minimum atomic E-state index is -1.53. The first-order chi connectivity index (χ1) is 15.0. The number of nitrogens with one attached hydrogen (secondary N) is 1. The summed E-state index contributed by atoms with van der Waals surface area (Å²) < 4.78 is 21.0. The lowest BCUT2D eigenvalue weighted by Crippen LogP contribution is -2.42. The van der Waals surface area contributed by atoms with Gasteiger partial charge < -0.3 is 14.3 Å². The van der Waals surface area contributed by atoms with Crippen molar-refractivity contribution in [1.82, 2.24) is 9.55 Å². The van der Waals surface area contributed by atoms with Crippen molar-refractivity contribution in [3.8, 4) is 16.9 Å². The molecule has 0 spiro atoms. The number of rotatable bonds is 6. The molecule has 0 bridgehead atoms. The Morgan fingerprint density at radius 2 is 1.81 bits per heavy atom. The number of nitrogens with zero attached hydrogens (tertiary/aromatic N) is 1. The van der Waals surface area contributed by atoms with Crippen LogP contribution in [0.15, 0.2) is 77.7 Å². The molecule has 158 valence electrons. The fourth-order valence-corrected chi connectivity index (χ4v) is 5.72. The second-order valence-corrected chi connectivity index (χ2v) is 10.2. The number of aromatic nitrogens is 1. The Labute approximate surface area is 182 Å². The Morgan fingerprint density at radius 3 is 2.55 bits per heavy atom. The van der Waals surface area contributed by atoms with E-state index in [1.165, 1.54) is 22.3 Å². The van der Waals surface area contributed by atoms with Crippen LogP contribution in [0.25, 0.3) is 21.9 Å². The van der Waals surface area contributed by atoms with Gasteiger partial charge in [-0.05, 0) is 39.9 Å². The fourth-order valence-electron chi connectivity index (χ4n) is 3.89. The highest BCUT2D eigenvalue weighted by atomic mass is 28.3. The minimum Gasteiger partial charge on any atom is -0.497 e. The monoisotopic (exact) mass is 432 g/mol. The highest BCUT2D eigenvalue weighted by Crippen LogP contribution is 2.28. The van der Waals surface area contributed by atoms with Gasteiger partial charge in [-0.2, -0.15) is 0 Å². The topological polar surface area (TPSA) is 43.3 Å². The zero-order valence-corrected chi connectivity index (χ0v) is 19.0. The number of pyridine rings is 1. The zero-order valence-electron chi connectivity index (χ0n) is 17.9. The summed E-state index contributed by atoms with van der Waals surface area (Å²) in [7, 11) is 1.84. The standard InChI is InChI=1S/C25H25FN2O2Si/c1-28-16-22(20-11-10-19(26)14-21(20)25(28)29)18-9-12-23(30-2)24(13-18)31(3)27-15-17-7-5-4-6-8-17/h4-14,16,27,31H,15H2,1-3H3. The number of ether oxygens (including phenoxy) is 1. The summed E-state index contributed by atoms with van der Waals surface area (Å²) in [5, 5.41) is 2.28. The molecular weight excluding hydrogens is 407 g/mol. The molecule has 0 fully saturated rings. The van der Waals surface area contributed by atoms with Gasteiger partial charge in [0, 0.05) is 25.4 Å². The Morgan fingerprint density at radius 1 is 1.03 bits per heavy atom. The summed E-state index contributed by atoms with van der Waals surface area (Å²) in [6, 6.07) is 20.8. The molecule has 1 aromatic heterocycles. The van der Waals surface area contributed by atoms with Crippen LogP contribution < -0.4 is 20.5 Å². The van der Waals surface area contributed by atoms with Gasteiger partial charge in [0.2, 0.25) is 0 Å². The summed E-state index contributed by atoms with van der Waals surface area (Å²) in [5.74, 6) is 0.437. The van der Waals surface area contributed by atoms with E-state index in [-0.39, 0.29) is 5.56 Å². The van der Waals surface area contributed by atoms with E-state index in [4.69, 9.17) is 4.74 Å². The van der Waals surface area contributed by atoms with Gasteiger partial charge in [0.25, 0.3) is 5.56 Å². The molecule has 0 radical (unpaired) electrons. The SMILES string of the molecule is COc1ccc(-c2cn(C)c(=O)c3cc(F)ccc23)cc1[SiH](C)NCc1ccccc1. The molecule has 0 aliphatic rings. The van der Waals surface area contributed by atoms with Crippen LogP contribution in [-0.4, -0.2) is 20.6 Å². The lowest BCUT2D eigenvalue weighted by Gasteiger charge is -2.18. The predicted octanol–water partition coefficient (Wildman–Crippen LogP) is 3.70. The van der Waals surface area contributed by atoms with Gasteiger partial charge in [-0.1, -0.05) is 55.1 Å². The molecule has 4 rings (SSSR count). The Hall–Kier alpha value is -3.22. The highest BCUT2D eigenvalue weighted by molar-refractivity contribution is 6.70. The average Bonchev–Trinajstić information content (AvgIpc) is 2.80. The Bertz CT molecular complexity index is 1290. The summed E-state index contributed by atoms with van der Waals surface area (Å²) in [6.07, 6.45) is 1.82. The molecule has 1 unspecified atom stereocenters. The van der Waals surface area contributed by atoms with Crippen LogP contribution in [0.3, 0.4) is 0 Å². The van der Waals surface area contributed by atoms with E-state index in [1.54, 1.807) is 20.2 Å². The zero-order chi connectivity index (χ0) is 22.0. The molecule has 1 atom stereocenters. The number of aryl methyl sites for hydroxylation is 1. The van der Waals surface area contributed by atoms with Crippen LogP contribution in [0.1, 0.15) is 5.56 Å². The quantitative estimate of drug-likeness (QED) is 0.473. The van der Waals surface area contributed by atoms with Crippen LogP contribution in [0.2, 0.25) is 6.55 Å². The van der Waals surface area contributed by atoms with E-state index < -0.39 is 14.8 Å². The maximum Gasteiger partial charge on any atom is 0.258 e. The molecule has 4 aromatic rings. The molecule has 0 amide bonds. The van der Waals surface area contributed by atoms with Crippen LogP contribution >= 0.6 is 0 Å². The van der Waals surface area contributed by atoms with Crippen LogP contribution in [0.5, 0.6) is 5.75 Å². The first-order valence-corrected chi connectivity index (χ1v) is 12.5. The van der Waals surface area contributed by atoms with Crippen molar-refractivity contribution in [3.63, 3.8) is 0 Å². The third-order valence-corrected chi connectivity index (χ3v) is 7.81. The first kappa shape index (κ1) is 21.0. The summed E-state index contributed by atoms with van der Waals surface area (Å²) in [5.41, 5.74) is 2.90. The smallest absolute Gasteiger partial charge is 0.258 e. The van der Waals surface area contributed by atoms with E-state index in [9.17, 15) is 9.18 Å². The second kappa shape index (κ2) is 8.87. The summed E-state index contributed by atoms with van der Waals surface area (Å²) in [4.78, 5) is 16.2. The van der Waals surface area contributed by atoms with Gasteiger partial charge in [-0.25, -0.2) is 4.39 Å². The summed E-state index contributed by atoms with van der Waals surface area (Å²) in [6.45, 7) is 3.03. The van der Waals surface area contributed by atoms with Crippen molar-refractivity contribution in [2.24, 2.45) is 7.05 Å². The largest absolute Gasteiger partial charge is 0.497 e. The molecule has 1 heterocycles. The van der Waals surface area contributed by atoms with Crippen LogP contribution in [0, 0.1) is 5.82 Å². The molecule has 6 heteroatoms. The van der Waals surface area contributed by atoms with Crippen molar-refractivity contribution in [1.29, 1.82) is 0 Å². The van der Waals surface area contributed by atoms with Gasteiger partial charge in [-0.3, -0.25) is 4.79 Å². The molecule has 0 saturated carbocycles. The highest BCUT2D eigenvalue weighted by Gasteiger charge is 2.16. The molecule has 0 aliphatic heterocycles. The maximum atomic E-state index is 13.8. The van der Waals surface area contributed by atoms with Crippen LogP contribution in [0.4, 0.5) is 4.39 Å². The van der Waals surface area contributed by atoms with Gasteiger partial charge in [0.15, 0.2) is 0 Å². The van der Waals surface area contributed by atoms with Crippen molar-refractivity contribution in [2.75, 3.05) is 7.11 Å². The average molecular weight is 433 g/mol. The van der Waals surface area contributed by atoms with E-state index in [1.807, 2.05) is 36.5 Å². The number of benzene rings is 3. The van der Waals surface area contributed by atoms with Crippen molar-refractivity contribution >= 4 is 24.9 Å². The van der Waals surface area contributed by atoms with Crippen molar-refractivity contribution in [3.05, 3.63) is 94.7 Å². The lowest BCUT2D eigenvalue weighted by atomic mass is 10.0. The van der Waals surface area contributed by atoms with Crippen molar-refractivity contribution in [2.45, 2.75) is 13.1 Å². The van der Waals surface area contributed by atoms with Gasteiger partial charge in [-0.15, -0.1) is 0 Å².